The van der Waals surface area contributed by atoms with Crippen molar-refractivity contribution in [3.8, 4) is 0 Å². The second kappa shape index (κ2) is 9.17. The van der Waals surface area contributed by atoms with Gasteiger partial charge in [-0.05, 0) is 37.0 Å². The zero-order chi connectivity index (χ0) is 24.5. The maximum absolute atomic E-state index is 13.5. The SMILES string of the molecule is CC(CCC1=CCNC(N)=C1)=C(CO)CC12OC1(C(=O)OCCO)C(=O)c1ccccc1C2=O. The van der Waals surface area contributed by atoms with Crippen LogP contribution in [0.4, 0.5) is 0 Å². The molecule has 0 radical (unpaired) electrons. The van der Waals surface area contributed by atoms with Gasteiger partial charge < -0.3 is 30.7 Å². The van der Waals surface area contributed by atoms with E-state index in [-0.39, 0.29) is 30.8 Å². The van der Waals surface area contributed by atoms with Gasteiger partial charge in [0.15, 0.2) is 11.4 Å². The van der Waals surface area contributed by atoms with E-state index in [1.165, 1.54) is 12.1 Å². The van der Waals surface area contributed by atoms with Gasteiger partial charge in [-0.25, -0.2) is 4.79 Å². The molecular formula is C25H28N2O7. The molecule has 2 aliphatic heterocycles. The number of carbonyl (C=O) groups excluding carboxylic acids is 3. The van der Waals surface area contributed by atoms with Gasteiger partial charge in [-0.2, -0.15) is 0 Å². The molecule has 1 saturated heterocycles. The monoisotopic (exact) mass is 468 g/mol. The second-order valence-corrected chi connectivity index (χ2v) is 8.65. The lowest BCUT2D eigenvalue weighted by atomic mass is 9.71. The van der Waals surface area contributed by atoms with E-state index in [2.05, 4.69) is 5.32 Å². The molecule has 1 aromatic rings. The van der Waals surface area contributed by atoms with Crippen molar-refractivity contribution in [2.24, 2.45) is 5.73 Å². The molecule has 1 aliphatic carbocycles. The summed E-state index contributed by atoms with van der Waals surface area (Å²) in [5, 5.41) is 22.2. The van der Waals surface area contributed by atoms with Crippen LogP contribution in [0, 0.1) is 0 Å². The lowest BCUT2D eigenvalue weighted by Gasteiger charge is -2.25. The Labute approximate surface area is 196 Å². The number of dihydropyridines is 1. The smallest absolute Gasteiger partial charge is 0.350 e. The fourth-order valence-corrected chi connectivity index (χ4v) is 4.67. The quantitative estimate of drug-likeness (QED) is 0.179. The number of aliphatic hydroxyl groups is 2. The van der Waals surface area contributed by atoms with E-state index in [0.717, 1.165) is 11.1 Å². The number of Topliss-reactive ketones (excluding diaryl/α,β-unsaturated/α-hetero) is 2. The van der Waals surface area contributed by atoms with Gasteiger partial charge in [0, 0.05) is 24.1 Å². The molecule has 2 atom stereocenters. The summed E-state index contributed by atoms with van der Waals surface area (Å²) >= 11 is 0. The molecule has 1 fully saturated rings. The van der Waals surface area contributed by atoms with Crippen molar-refractivity contribution in [3.05, 3.63) is 70.1 Å². The van der Waals surface area contributed by atoms with Crippen LogP contribution < -0.4 is 11.1 Å². The summed E-state index contributed by atoms with van der Waals surface area (Å²) in [5.74, 6) is -1.58. The molecule has 5 N–H and O–H groups in total. The van der Waals surface area contributed by atoms with Crippen LogP contribution in [0.25, 0.3) is 0 Å². The highest BCUT2D eigenvalue weighted by molar-refractivity contribution is 6.32. The maximum atomic E-state index is 13.5. The Morgan fingerprint density at radius 3 is 2.56 bits per heavy atom. The summed E-state index contributed by atoms with van der Waals surface area (Å²) in [4.78, 5) is 39.9. The first kappa shape index (κ1) is 23.9. The molecule has 0 aromatic heterocycles. The molecule has 9 heteroatoms. The van der Waals surface area contributed by atoms with Gasteiger partial charge in [-0.15, -0.1) is 0 Å². The van der Waals surface area contributed by atoms with E-state index < -0.39 is 35.3 Å². The van der Waals surface area contributed by atoms with Gasteiger partial charge in [0.05, 0.1) is 19.0 Å². The highest BCUT2D eigenvalue weighted by Crippen LogP contribution is 2.59. The molecule has 1 aromatic carbocycles. The zero-order valence-electron chi connectivity index (χ0n) is 18.9. The van der Waals surface area contributed by atoms with Gasteiger partial charge >= 0.3 is 5.97 Å². The molecule has 0 bridgehead atoms. The van der Waals surface area contributed by atoms with E-state index in [1.54, 1.807) is 12.1 Å². The number of hydrogen-bond acceptors (Lipinski definition) is 9. The fourth-order valence-electron chi connectivity index (χ4n) is 4.67. The van der Waals surface area contributed by atoms with Gasteiger partial charge in [0.2, 0.25) is 5.78 Å². The van der Waals surface area contributed by atoms with Crippen molar-refractivity contribution in [3.63, 3.8) is 0 Å². The lowest BCUT2D eigenvalue weighted by Crippen LogP contribution is -2.51. The van der Waals surface area contributed by atoms with E-state index in [1.807, 2.05) is 19.1 Å². The number of ether oxygens (including phenoxy) is 2. The predicted octanol–water partition coefficient (Wildman–Crippen LogP) is 0.918. The van der Waals surface area contributed by atoms with Crippen LogP contribution in [0.1, 0.15) is 46.9 Å². The highest BCUT2D eigenvalue weighted by Gasteiger charge is 2.85. The molecule has 0 spiro atoms. The first-order valence-corrected chi connectivity index (χ1v) is 11.2. The molecule has 0 amide bonds. The van der Waals surface area contributed by atoms with Gasteiger partial charge in [0.25, 0.3) is 5.60 Å². The van der Waals surface area contributed by atoms with Crippen molar-refractivity contribution in [2.45, 2.75) is 37.4 Å². The molecule has 180 valence electrons. The van der Waals surface area contributed by atoms with Gasteiger partial charge in [-0.1, -0.05) is 35.9 Å². The van der Waals surface area contributed by atoms with E-state index in [4.69, 9.17) is 20.3 Å². The van der Waals surface area contributed by atoms with Crippen LogP contribution in [0.5, 0.6) is 0 Å². The number of ketones is 2. The summed E-state index contributed by atoms with van der Waals surface area (Å²) in [5.41, 5.74) is 4.57. The Kier molecular flexibility index (Phi) is 6.44. The number of nitrogens with two attached hydrogens (primary N) is 1. The highest BCUT2D eigenvalue weighted by atomic mass is 16.7. The van der Waals surface area contributed by atoms with Crippen LogP contribution in [0.2, 0.25) is 0 Å². The van der Waals surface area contributed by atoms with Gasteiger partial charge in [0.1, 0.15) is 6.61 Å². The number of hydrogen-bond donors (Lipinski definition) is 4. The van der Waals surface area contributed by atoms with Crippen molar-refractivity contribution in [2.75, 3.05) is 26.4 Å². The number of aliphatic hydroxyl groups excluding tert-OH is 2. The van der Waals surface area contributed by atoms with E-state index in [9.17, 15) is 19.5 Å². The maximum Gasteiger partial charge on any atom is 0.350 e. The van der Waals surface area contributed by atoms with Crippen LogP contribution in [0.3, 0.4) is 0 Å². The molecule has 2 heterocycles. The van der Waals surface area contributed by atoms with Crippen LogP contribution in [-0.4, -0.2) is 65.3 Å². The minimum atomic E-state index is -2.12. The molecule has 9 nitrogen and oxygen atoms in total. The number of fused-ring (bicyclic) bond motifs is 2. The number of epoxide rings is 1. The number of esters is 1. The average Bonchev–Trinajstić information content (AvgIpc) is 3.54. The molecule has 2 unspecified atom stereocenters. The summed E-state index contributed by atoms with van der Waals surface area (Å²) in [6.45, 7) is 1.36. The normalized spacial score (nSPS) is 25.9. The van der Waals surface area contributed by atoms with Gasteiger partial charge in [-0.3, -0.25) is 9.59 Å². The first-order chi connectivity index (χ1) is 16.3. The van der Waals surface area contributed by atoms with Crippen molar-refractivity contribution in [1.82, 2.24) is 5.32 Å². The Hall–Kier alpha value is -3.27. The lowest BCUT2D eigenvalue weighted by molar-refractivity contribution is -0.149. The Balaban J connectivity index is 1.66. The average molecular weight is 469 g/mol. The van der Waals surface area contributed by atoms with Crippen LogP contribution >= 0.6 is 0 Å². The summed E-state index contributed by atoms with van der Waals surface area (Å²) in [6.07, 6.45) is 5.00. The van der Waals surface area contributed by atoms with Crippen LogP contribution in [0.15, 0.2) is 59.0 Å². The van der Waals surface area contributed by atoms with Crippen molar-refractivity contribution < 1.29 is 34.1 Å². The minimum Gasteiger partial charge on any atom is -0.461 e. The van der Waals surface area contributed by atoms with E-state index >= 15 is 0 Å². The van der Waals surface area contributed by atoms with E-state index in [0.29, 0.717) is 30.8 Å². The topological polar surface area (TPSA) is 151 Å². The third-order valence-corrected chi connectivity index (χ3v) is 6.63. The molecule has 0 saturated carbocycles. The zero-order valence-corrected chi connectivity index (χ0v) is 18.9. The van der Waals surface area contributed by atoms with Crippen LogP contribution in [-0.2, 0) is 14.3 Å². The fraction of sp³-hybridized carbons (Fsp3) is 0.400. The summed E-state index contributed by atoms with van der Waals surface area (Å²) in [6, 6.07) is 6.24. The Morgan fingerprint density at radius 2 is 1.91 bits per heavy atom. The summed E-state index contributed by atoms with van der Waals surface area (Å²) < 4.78 is 10.8. The molecule has 3 aliphatic rings. The minimum absolute atomic E-state index is 0.0926. The number of carbonyl (C=O) groups is 3. The standard InChI is InChI=1S/C25H28N2O7/c1-15(6-7-16-8-9-27-20(26)12-16)17(14-29)13-24-21(30)18-4-2-3-5-19(18)22(31)25(24,34-24)23(32)33-11-10-28/h2-5,8,12,27-29H,6-7,9-11,13-14,26H2,1H3. The summed E-state index contributed by atoms with van der Waals surface area (Å²) in [7, 11) is 0. The second-order valence-electron chi connectivity index (χ2n) is 8.65. The third-order valence-electron chi connectivity index (χ3n) is 6.63. The number of allylic oxidation sites excluding steroid dienone is 3. The molecule has 34 heavy (non-hydrogen) atoms. The molecular weight excluding hydrogens is 440 g/mol. The Morgan fingerprint density at radius 1 is 1.21 bits per heavy atom. The predicted molar refractivity (Wildman–Crippen MR) is 122 cm³/mol. The molecule has 4 rings (SSSR count). The third kappa shape index (κ3) is 3.75. The van der Waals surface area contributed by atoms with Crippen molar-refractivity contribution >= 4 is 17.5 Å². The first-order valence-electron chi connectivity index (χ1n) is 11.2. The Bertz CT molecular complexity index is 1140. The largest absolute Gasteiger partial charge is 0.461 e. The van der Waals surface area contributed by atoms with Crippen molar-refractivity contribution in [1.29, 1.82) is 0 Å². The number of nitrogens with one attached hydrogen (secondary N) is 1. The number of rotatable bonds is 9. The number of benzene rings is 1.